The number of terminal acetylenes is 1. The van der Waals surface area contributed by atoms with Crippen molar-refractivity contribution in [3.8, 4) is 23.8 Å². The first-order chi connectivity index (χ1) is 14.8. The lowest BCUT2D eigenvalue weighted by Gasteiger charge is -2.14. The molecule has 9 heteroatoms. The van der Waals surface area contributed by atoms with Gasteiger partial charge in [-0.05, 0) is 53.2 Å². The maximum absolute atomic E-state index is 12.3. The Morgan fingerprint density at radius 2 is 2.00 bits per heavy atom. The second-order valence-corrected chi connectivity index (χ2v) is 7.70. The number of imide groups is 1. The average molecular weight is 458 g/mol. The van der Waals surface area contributed by atoms with Gasteiger partial charge in [0.05, 0.1) is 29.1 Å². The predicted octanol–water partition coefficient (Wildman–Crippen LogP) is 4.30. The van der Waals surface area contributed by atoms with Crippen molar-refractivity contribution in [2.24, 2.45) is 0 Å². The quantitative estimate of drug-likeness (QED) is 0.489. The van der Waals surface area contributed by atoms with Gasteiger partial charge in [0.1, 0.15) is 6.61 Å². The summed E-state index contributed by atoms with van der Waals surface area (Å²) in [6, 6.07) is 9.47. The summed E-state index contributed by atoms with van der Waals surface area (Å²) in [6.07, 6.45) is 6.73. The normalized spacial score (nSPS) is 14.6. The minimum Gasteiger partial charge on any atom is -0.493 e. The number of aromatic carboxylic acids is 1. The Morgan fingerprint density at radius 3 is 2.61 bits per heavy atom. The summed E-state index contributed by atoms with van der Waals surface area (Å²) in [5, 5.41) is 8.78. The van der Waals surface area contributed by atoms with E-state index in [9.17, 15) is 14.4 Å². The predicted molar refractivity (Wildman–Crippen MR) is 117 cm³/mol. The summed E-state index contributed by atoms with van der Waals surface area (Å²) in [5.74, 6) is 1.44. The van der Waals surface area contributed by atoms with Crippen molar-refractivity contribution < 1.29 is 29.0 Å². The molecule has 2 amide bonds. The maximum atomic E-state index is 12.3. The smallest absolute Gasteiger partial charge is 0.335 e. The molecule has 1 heterocycles. The van der Waals surface area contributed by atoms with Crippen LogP contribution >= 0.6 is 23.4 Å². The summed E-state index contributed by atoms with van der Waals surface area (Å²) in [4.78, 5) is 36.4. The Hall–Kier alpha value is -3.41. The molecule has 31 heavy (non-hydrogen) atoms. The van der Waals surface area contributed by atoms with Gasteiger partial charge in [-0.15, -0.1) is 6.42 Å². The van der Waals surface area contributed by atoms with Gasteiger partial charge in [0.15, 0.2) is 11.5 Å². The van der Waals surface area contributed by atoms with Gasteiger partial charge in [0, 0.05) is 0 Å². The number of hydrogen-bond acceptors (Lipinski definition) is 6. The molecule has 2 aromatic rings. The first-order valence-corrected chi connectivity index (χ1v) is 10.0. The number of carbonyl (C=O) groups excluding carboxylic acids is 2. The highest BCUT2D eigenvalue weighted by atomic mass is 35.5. The van der Waals surface area contributed by atoms with Crippen LogP contribution in [0.1, 0.15) is 21.5 Å². The van der Waals surface area contributed by atoms with Crippen LogP contribution in [0.4, 0.5) is 4.79 Å². The topological polar surface area (TPSA) is 93.1 Å². The molecule has 1 N–H and O–H groups in total. The number of carboxylic acids is 1. The Kier molecular flexibility index (Phi) is 6.90. The molecule has 1 saturated heterocycles. The Balaban J connectivity index is 1.80. The monoisotopic (exact) mass is 457 g/mol. The summed E-state index contributed by atoms with van der Waals surface area (Å²) >= 11 is 7.16. The molecular formula is C22H16ClNO6S. The molecule has 0 saturated carbocycles. The molecule has 2 aromatic carbocycles. The molecule has 0 atom stereocenters. The number of thioether (sulfide) groups is 1. The first-order valence-electron chi connectivity index (χ1n) is 8.85. The molecule has 0 aromatic heterocycles. The number of nitrogens with zero attached hydrogens (tertiary/aromatic N) is 1. The Bertz CT molecular complexity index is 1120. The maximum Gasteiger partial charge on any atom is 0.335 e. The van der Waals surface area contributed by atoms with Crippen molar-refractivity contribution in [2.45, 2.75) is 6.61 Å². The van der Waals surface area contributed by atoms with E-state index in [0.717, 1.165) is 22.2 Å². The SMILES string of the molecule is C#CCN1C(=O)S/C(=C/c2cc(Cl)c(OCc3ccc(C(=O)O)cc3)c(OC)c2)C1=O. The largest absolute Gasteiger partial charge is 0.493 e. The van der Waals surface area contributed by atoms with E-state index in [4.69, 9.17) is 32.6 Å². The van der Waals surface area contributed by atoms with Gasteiger partial charge in [0.2, 0.25) is 0 Å². The lowest BCUT2D eigenvalue weighted by Crippen LogP contribution is -2.28. The van der Waals surface area contributed by atoms with Crippen molar-refractivity contribution in [3.05, 3.63) is 63.0 Å². The van der Waals surface area contributed by atoms with Crippen LogP contribution in [0.25, 0.3) is 6.08 Å². The third kappa shape index (κ3) is 5.02. The van der Waals surface area contributed by atoms with E-state index in [1.165, 1.54) is 25.3 Å². The number of carboxylic acid groups (broad SMARTS) is 1. The van der Waals surface area contributed by atoms with E-state index < -0.39 is 17.1 Å². The van der Waals surface area contributed by atoms with Gasteiger partial charge >= 0.3 is 5.97 Å². The Morgan fingerprint density at radius 1 is 1.29 bits per heavy atom. The van der Waals surface area contributed by atoms with Crippen LogP contribution in [-0.4, -0.2) is 40.8 Å². The summed E-state index contributed by atoms with van der Waals surface area (Å²) in [7, 11) is 1.45. The number of rotatable bonds is 7. The molecule has 0 unspecified atom stereocenters. The zero-order valence-corrected chi connectivity index (χ0v) is 17.8. The number of amides is 2. The van der Waals surface area contributed by atoms with E-state index in [2.05, 4.69) is 5.92 Å². The Labute approximate surface area is 187 Å². The fourth-order valence-electron chi connectivity index (χ4n) is 2.74. The van der Waals surface area contributed by atoms with Gasteiger partial charge in [-0.2, -0.15) is 0 Å². The van der Waals surface area contributed by atoms with Crippen LogP contribution in [0.3, 0.4) is 0 Å². The summed E-state index contributed by atoms with van der Waals surface area (Å²) in [6.45, 7) is 0.0482. The van der Waals surface area contributed by atoms with Crippen LogP contribution in [0.15, 0.2) is 41.3 Å². The van der Waals surface area contributed by atoms with E-state index in [-0.39, 0.29) is 28.6 Å². The second kappa shape index (κ2) is 9.60. The van der Waals surface area contributed by atoms with Crippen LogP contribution in [-0.2, 0) is 11.4 Å². The molecule has 3 rings (SSSR count). The number of hydrogen-bond donors (Lipinski definition) is 1. The van der Waals surface area contributed by atoms with Crippen molar-refractivity contribution in [2.75, 3.05) is 13.7 Å². The number of benzene rings is 2. The second-order valence-electron chi connectivity index (χ2n) is 6.30. The molecule has 0 bridgehead atoms. The minimum absolute atomic E-state index is 0.0910. The van der Waals surface area contributed by atoms with Gasteiger partial charge < -0.3 is 14.6 Å². The van der Waals surface area contributed by atoms with Crippen LogP contribution in [0.5, 0.6) is 11.5 Å². The highest BCUT2D eigenvalue weighted by molar-refractivity contribution is 8.18. The van der Waals surface area contributed by atoms with Crippen molar-refractivity contribution in [1.82, 2.24) is 4.90 Å². The zero-order valence-electron chi connectivity index (χ0n) is 16.3. The number of methoxy groups -OCH3 is 1. The van der Waals surface area contributed by atoms with Crippen molar-refractivity contribution >= 4 is 46.6 Å². The molecule has 1 aliphatic rings. The zero-order chi connectivity index (χ0) is 22.5. The lowest BCUT2D eigenvalue weighted by molar-refractivity contribution is -0.122. The highest BCUT2D eigenvalue weighted by Crippen LogP contribution is 2.39. The third-order valence-corrected chi connectivity index (χ3v) is 5.44. The molecule has 1 aliphatic heterocycles. The molecule has 0 spiro atoms. The number of ether oxygens (including phenoxy) is 2. The molecule has 7 nitrogen and oxygen atoms in total. The summed E-state index contributed by atoms with van der Waals surface area (Å²) < 4.78 is 11.1. The standard InChI is InChI=1S/C22H16ClNO6S/c1-3-8-24-20(25)18(31-22(24)28)11-14-9-16(23)19(17(10-14)29-2)30-12-13-4-6-15(7-5-13)21(26)27/h1,4-7,9-11H,8,12H2,2H3,(H,26,27)/b18-11+. The molecule has 0 aliphatic carbocycles. The molecular weight excluding hydrogens is 442 g/mol. The van der Waals surface area contributed by atoms with Crippen LogP contribution < -0.4 is 9.47 Å². The van der Waals surface area contributed by atoms with Crippen LogP contribution in [0, 0.1) is 12.3 Å². The van der Waals surface area contributed by atoms with Gasteiger partial charge in [0.25, 0.3) is 11.1 Å². The molecule has 1 fully saturated rings. The fraction of sp³-hybridized carbons (Fsp3) is 0.136. The third-order valence-electron chi connectivity index (χ3n) is 4.26. The van der Waals surface area contributed by atoms with E-state index in [1.54, 1.807) is 24.3 Å². The van der Waals surface area contributed by atoms with Gasteiger partial charge in [-0.1, -0.05) is 29.7 Å². The minimum atomic E-state index is -1.01. The van der Waals surface area contributed by atoms with Crippen molar-refractivity contribution in [1.29, 1.82) is 0 Å². The number of carbonyl (C=O) groups is 3. The van der Waals surface area contributed by atoms with E-state index in [0.29, 0.717) is 17.1 Å². The van der Waals surface area contributed by atoms with E-state index in [1.807, 2.05) is 0 Å². The summed E-state index contributed by atoms with van der Waals surface area (Å²) in [5.41, 5.74) is 1.47. The number of halogens is 1. The first kappa shape index (κ1) is 22.3. The van der Waals surface area contributed by atoms with Crippen LogP contribution in [0.2, 0.25) is 5.02 Å². The van der Waals surface area contributed by atoms with Gasteiger partial charge in [-0.25, -0.2) is 4.79 Å². The van der Waals surface area contributed by atoms with E-state index >= 15 is 0 Å². The van der Waals surface area contributed by atoms with Gasteiger partial charge in [-0.3, -0.25) is 14.5 Å². The average Bonchev–Trinajstić information content (AvgIpc) is 3.00. The lowest BCUT2D eigenvalue weighted by atomic mass is 10.1. The molecule has 158 valence electrons. The van der Waals surface area contributed by atoms with Crippen molar-refractivity contribution in [3.63, 3.8) is 0 Å². The highest BCUT2D eigenvalue weighted by Gasteiger charge is 2.34. The molecule has 0 radical (unpaired) electrons. The fourth-order valence-corrected chi connectivity index (χ4v) is 3.85.